The van der Waals surface area contributed by atoms with E-state index in [1.54, 1.807) is 19.5 Å². The molecular weight excluding hydrogens is 328 g/mol. The number of fused-ring (bicyclic) bond motifs is 1. The van der Waals surface area contributed by atoms with E-state index in [1.165, 1.54) is 5.56 Å². The van der Waals surface area contributed by atoms with Crippen LogP contribution >= 0.6 is 0 Å². The molecule has 6 nitrogen and oxygen atoms in total. The van der Waals surface area contributed by atoms with Gasteiger partial charge in [-0.1, -0.05) is 12.1 Å². The standard InChI is InChI=1S/C20H20N4O2/c1-26-16-6-2-4-14(10-16)12-24-9-7-17-18(13-24)22-19(23-20(17)25)15-5-3-8-21-11-15/h2-6,8,10-11H,7,9,12-13H2,1H3,(H,22,23,25). The van der Waals surface area contributed by atoms with Crippen LogP contribution in [-0.4, -0.2) is 33.5 Å². The number of pyridine rings is 1. The Hall–Kier alpha value is -2.99. The lowest BCUT2D eigenvalue weighted by Crippen LogP contribution is -2.35. The predicted molar refractivity (Wildman–Crippen MR) is 98.9 cm³/mol. The van der Waals surface area contributed by atoms with Crippen molar-refractivity contribution in [1.82, 2.24) is 19.9 Å². The summed E-state index contributed by atoms with van der Waals surface area (Å²) >= 11 is 0. The molecule has 0 unspecified atom stereocenters. The van der Waals surface area contributed by atoms with Crippen molar-refractivity contribution < 1.29 is 4.74 Å². The second kappa shape index (κ2) is 7.09. The van der Waals surface area contributed by atoms with Crippen molar-refractivity contribution in [3.63, 3.8) is 0 Å². The minimum absolute atomic E-state index is 0.0464. The fraction of sp³-hybridized carbons (Fsp3) is 0.250. The van der Waals surface area contributed by atoms with Gasteiger partial charge < -0.3 is 9.72 Å². The molecule has 26 heavy (non-hydrogen) atoms. The number of benzene rings is 1. The highest BCUT2D eigenvalue weighted by atomic mass is 16.5. The van der Waals surface area contributed by atoms with Gasteiger partial charge in [-0.05, 0) is 36.2 Å². The SMILES string of the molecule is COc1cccc(CN2CCc3c(nc(-c4cccnc4)[nH]c3=O)C2)c1. The normalized spacial score (nSPS) is 14.0. The molecule has 0 radical (unpaired) electrons. The zero-order chi connectivity index (χ0) is 17.9. The molecule has 3 heterocycles. The van der Waals surface area contributed by atoms with Crippen LogP contribution in [0.1, 0.15) is 16.8 Å². The highest BCUT2D eigenvalue weighted by Crippen LogP contribution is 2.21. The van der Waals surface area contributed by atoms with Crippen LogP contribution in [0.5, 0.6) is 5.75 Å². The summed E-state index contributed by atoms with van der Waals surface area (Å²) in [5.41, 5.74) is 3.60. The number of aromatic amines is 1. The molecule has 0 spiro atoms. The monoisotopic (exact) mass is 348 g/mol. The number of hydrogen-bond acceptors (Lipinski definition) is 5. The smallest absolute Gasteiger partial charge is 0.254 e. The lowest BCUT2D eigenvalue weighted by Gasteiger charge is -2.27. The molecule has 1 N–H and O–H groups in total. The van der Waals surface area contributed by atoms with Crippen LogP contribution in [-0.2, 0) is 19.5 Å². The first-order valence-electron chi connectivity index (χ1n) is 8.60. The van der Waals surface area contributed by atoms with Gasteiger partial charge >= 0.3 is 0 Å². The molecule has 0 amide bonds. The Morgan fingerprint density at radius 1 is 1.27 bits per heavy atom. The fourth-order valence-electron chi connectivity index (χ4n) is 3.30. The molecule has 132 valence electrons. The lowest BCUT2D eigenvalue weighted by molar-refractivity contribution is 0.240. The topological polar surface area (TPSA) is 71.1 Å². The van der Waals surface area contributed by atoms with E-state index in [4.69, 9.17) is 9.72 Å². The number of nitrogens with zero attached hydrogens (tertiary/aromatic N) is 3. The molecule has 0 fully saturated rings. The second-order valence-corrected chi connectivity index (χ2v) is 6.39. The van der Waals surface area contributed by atoms with Crippen LogP contribution in [0, 0.1) is 0 Å². The number of rotatable bonds is 4. The Morgan fingerprint density at radius 3 is 3.00 bits per heavy atom. The maximum Gasteiger partial charge on any atom is 0.254 e. The Labute approximate surface area is 151 Å². The fourth-order valence-corrected chi connectivity index (χ4v) is 3.30. The zero-order valence-corrected chi connectivity index (χ0v) is 14.6. The maximum atomic E-state index is 12.5. The minimum Gasteiger partial charge on any atom is -0.497 e. The molecule has 1 aliphatic rings. The third-order valence-electron chi connectivity index (χ3n) is 4.63. The van der Waals surface area contributed by atoms with Crippen molar-refractivity contribution >= 4 is 0 Å². The van der Waals surface area contributed by atoms with Gasteiger partial charge in [-0.3, -0.25) is 14.7 Å². The molecule has 4 rings (SSSR count). The Balaban J connectivity index is 1.59. The van der Waals surface area contributed by atoms with Gasteiger partial charge in [0, 0.05) is 43.2 Å². The number of methoxy groups -OCH3 is 1. The van der Waals surface area contributed by atoms with Crippen LogP contribution in [0.2, 0.25) is 0 Å². The summed E-state index contributed by atoms with van der Waals surface area (Å²) in [6.45, 7) is 2.29. The highest BCUT2D eigenvalue weighted by Gasteiger charge is 2.21. The predicted octanol–water partition coefficient (Wildman–Crippen LogP) is 2.40. The minimum atomic E-state index is -0.0464. The molecular formula is C20H20N4O2. The van der Waals surface area contributed by atoms with E-state index < -0.39 is 0 Å². The summed E-state index contributed by atoms with van der Waals surface area (Å²) in [6.07, 6.45) is 4.12. The van der Waals surface area contributed by atoms with Crippen molar-refractivity contribution in [2.45, 2.75) is 19.5 Å². The summed E-state index contributed by atoms with van der Waals surface area (Å²) < 4.78 is 5.30. The average molecular weight is 348 g/mol. The van der Waals surface area contributed by atoms with Crippen LogP contribution in [0.15, 0.2) is 53.6 Å². The van der Waals surface area contributed by atoms with Gasteiger partial charge in [-0.15, -0.1) is 0 Å². The Kier molecular flexibility index (Phi) is 4.50. The summed E-state index contributed by atoms with van der Waals surface area (Å²) in [7, 11) is 1.67. The zero-order valence-electron chi connectivity index (χ0n) is 14.6. The van der Waals surface area contributed by atoms with Crippen LogP contribution in [0.3, 0.4) is 0 Å². The van der Waals surface area contributed by atoms with E-state index in [9.17, 15) is 4.79 Å². The van der Waals surface area contributed by atoms with E-state index in [1.807, 2.05) is 30.3 Å². The van der Waals surface area contributed by atoms with Gasteiger partial charge in [0.1, 0.15) is 11.6 Å². The number of nitrogens with one attached hydrogen (secondary N) is 1. The van der Waals surface area contributed by atoms with Crippen LogP contribution in [0.25, 0.3) is 11.4 Å². The quantitative estimate of drug-likeness (QED) is 0.784. The summed E-state index contributed by atoms with van der Waals surface area (Å²) in [6, 6.07) is 11.8. The van der Waals surface area contributed by atoms with Crippen LogP contribution < -0.4 is 10.3 Å². The molecule has 1 aliphatic heterocycles. The number of hydrogen-bond donors (Lipinski definition) is 1. The van der Waals surface area contributed by atoms with E-state index in [0.29, 0.717) is 18.8 Å². The van der Waals surface area contributed by atoms with E-state index in [-0.39, 0.29) is 5.56 Å². The second-order valence-electron chi connectivity index (χ2n) is 6.39. The van der Waals surface area contributed by atoms with Gasteiger partial charge in [0.2, 0.25) is 0 Å². The number of aromatic nitrogens is 3. The van der Waals surface area contributed by atoms with E-state index >= 15 is 0 Å². The highest BCUT2D eigenvalue weighted by molar-refractivity contribution is 5.53. The van der Waals surface area contributed by atoms with Gasteiger partial charge in [-0.25, -0.2) is 4.98 Å². The first-order chi connectivity index (χ1) is 12.7. The molecule has 0 saturated heterocycles. The van der Waals surface area contributed by atoms with Gasteiger partial charge in [0.05, 0.1) is 12.8 Å². The Morgan fingerprint density at radius 2 is 2.19 bits per heavy atom. The lowest BCUT2D eigenvalue weighted by atomic mass is 10.1. The summed E-state index contributed by atoms with van der Waals surface area (Å²) in [5, 5.41) is 0. The average Bonchev–Trinajstić information content (AvgIpc) is 2.68. The Bertz CT molecular complexity index is 969. The van der Waals surface area contributed by atoms with Crippen molar-refractivity contribution in [2.75, 3.05) is 13.7 Å². The van der Waals surface area contributed by atoms with Crippen molar-refractivity contribution in [2.24, 2.45) is 0 Å². The molecule has 1 aromatic carbocycles. The maximum absolute atomic E-state index is 12.5. The van der Waals surface area contributed by atoms with Crippen molar-refractivity contribution in [3.05, 3.63) is 76.0 Å². The number of H-pyrrole nitrogens is 1. The van der Waals surface area contributed by atoms with Crippen molar-refractivity contribution in [3.8, 4) is 17.1 Å². The van der Waals surface area contributed by atoms with Crippen molar-refractivity contribution in [1.29, 1.82) is 0 Å². The summed E-state index contributed by atoms with van der Waals surface area (Å²) in [4.78, 5) is 26.5. The van der Waals surface area contributed by atoms with E-state index in [2.05, 4.69) is 20.9 Å². The first-order valence-corrected chi connectivity index (χ1v) is 8.60. The van der Waals surface area contributed by atoms with Gasteiger partial charge in [0.25, 0.3) is 5.56 Å². The molecule has 6 heteroatoms. The molecule has 0 saturated carbocycles. The molecule has 0 bridgehead atoms. The largest absolute Gasteiger partial charge is 0.497 e. The van der Waals surface area contributed by atoms with Gasteiger partial charge in [0.15, 0.2) is 0 Å². The van der Waals surface area contributed by atoms with Gasteiger partial charge in [-0.2, -0.15) is 0 Å². The molecule has 0 atom stereocenters. The van der Waals surface area contributed by atoms with Crippen LogP contribution in [0.4, 0.5) is 0 Å². The van der Waals surface area contributed by atoms with E-state index in [0.717, 1.165) is 35.7 Å². The number of ether oxygens (including phenoxy) is 1. The molecule has 3 aromatic rings. The molecule has 0 aliphatic carbocycles. The summed E-state index contributed by atoms with van der Waals surface area (Å²) in [5.74, 6) is 1.43. The third-order valence-corrected chi connectivity index (χ3v) is 4.63. The first kappa shape index (κ1) is 16.5. The third kappa shape index (κ3) is 3.36. The molecule has 2 aromatic heterocycles.